The van der Waals surface area contributed by atoms with E-state index in [1.165, 1.54) is 0 Å². The van der Waals surface area contributed by atoms with Crippen molar-refractivity contribution in [3.05, 3.63) is 65.6 Å². The quantitative estimate of drug-likeness (QED) is 0.422. The second kappa shape index (κ2) is 9.83. The minimum Gasteiger partial charge on any atom is -0.493 e. The van der Waals surface area contributed by atoms with Gasteiger partial charge in [-0.05, 0) is 41.6 Å². The maximum absolute atomic E-state index is 11.9. The summed E-state index contributed by atoms with van der Waals surface area (Å²) in [7, 11) is 3.28. The number of carbonyl (C=O) groups is 1. The second-order valence-electron chi connectivity index (χ2n) is 7.84. The van der Waals surface area contributed by atoms with Crippen LogP contribution in [0.15, 0.2) is 48.7 Å². The fourth-order valence-corrected chi connectivity index (χ4v) is 4.04. The number of benzene rings is 2. The topological polar surface area (TPSA) is 99.4 Å². The third-order valence-corrected chi connectivity index (χ3v) is 5.65. The van der Waals surface area contributed by atoms with Gasteiger partial charge in [-0.2, -0.15) is 0 Å². The molecule has 0 saturated carbocycles. The molecular weight excluding hydrogens is 416 g/mol. The van der Waals surface area contributed by atoms with Crippen LogP contribution in [0.25, 0.3) is 21.7 Å². The van der Waals surface area contributed by atoms with Gasteiger partial charge < -0.3 is 20.5 Å². The molecule has 7 heteroatoms. The number of amides is 1. The van der Waals surface area contributed by atoms with Gasteiger partial charge in [-0.25, -0.2) is 0 Å². The molecular formula is C26H28N4O3. The zero-order chi connectivity index (χ0) is 23.4. The van der Waals surface area contributed by atoms with Crippen LogP contribution in [-0.2, 0) is 17.6 Å². The molecule has 2 heterocycles. The summed E-state index contributed by atoms with van der Waals surface area (Å²) >= 11 is 0. The van der Waals surface area contributed by atoms with Crippen molar-refractivity contribution in [2.45, 2.75) is 26.2 Å². The van der Waals surface area contributed by atoms with Crippen molar-refractivity contribution in [3.63, 3.8) is 0 Å². The Hall–Kier alpha value is -3.71. The number of hydrogen-bond donors (Lipinski definition) is 2. The van der Waals surface area contributed by atoms with Gasteiger partial charge in [0.1, 0.15) is 0 Å². The first-order valence-electron chi connectivity index (χ1n) is 11.0. The minimum atomic E-state index is -0.252. The molecule has 0 saturated heterocycles. The molecule has 4 rings (SSSR count). The normalized spacial score (nSPS) is 11.0. The van der Waals surface area contributed by atoms with Crippen molar-refractivity contribution in [3.8, 4) is 11.5 Å². The minimum absolute atomic E-state index is 0.0802. The molecule has 0 unspecified atom stereocenters. The second-order valence-corrected chi connectivity index (χ2v) is 7.84. The van der Waals surface area contributed by atoms with E-state index in [0.29, 0.717) is 23.6 Å². The van der Waals surface area contributed by atoms with Gasteiger partial charge in [-0.1, -0.05) is 31.5 Å². The number of methoxy groups -OCH3 is 2. The number of rotatable bonds is 8. The van der Waals surface area contributed by atoms with Crippen molar-refractivity contribution >= 4 is 33.3 Å². The number of para-hydroxylation sites is 1. The number of hydrogen-bond acceptors (Lipinski definition) is 6. The molecule has 0 fully saturated rings. The predicted molar refractivity (Wildman–Crippen MR) is 131 cm³/mol. The molecule has 0 atom stereocenters. The van der Waals surface area contributed by atoms with Gasteiger partial charge >= 0.3 is 0 Å². The highest BCUT2D eigenvalue weighted by molar-refractivity contribution is 6.01. The number of carbonyl (C=O) groups excluding carboxylic acids is 1. The number of aromatic nitrogens is 2. The molecule has 0 bridgehead atoms. The van der Waals surface area contributed by atoms with Crippen LogP contribution in [-0.4, -0.2) is 36.6 Å². The Morgan fingerprint density at radius 2 is 1.82 bits per heavy atom. The Kier molecular flexibility index (Phi) is 6.70. The summed E-state index contributed by atoms with van der Waals surface area (Å²) in [6, 6.07) is 13.7. The summed E-state index contributed by atoms with van der Waals surface area (Å²) in [5.41, 5.74) is 9.80. The highest BCUT2D eigenvalue weighted by atomic mass is 16.5. The lowest BCUT2D eigenvalue weighted by Crippen LogP contribution is -2.22. The molecule has 0 aliphatic heterocycles. The van der Waals surface area contributed by atoms with E-state index in [4.69, 9.17) is 25.2 Å². The number of nitrogens with two attached hydrogens (primary N) is 1. The Balaban J connectivity index is 1.80. The van der Waals surface area contributed by atoms with Crippen LogP contribution in [0.5, 0.6) is 11.5 Å². The van der Waals surface area contributed by atoms with Crippen LogP contribution in [0.4, 0.5) is 5.69 Å². The van der Waals surface area contributed by atoms with Crippen LogP contribution in [0, 0.1) is 0 Å². The van der Waals surface area contributed by atoms with E-state index in [-0.39, 0.29) is 12.5 Å². The van der Waals surface area contributed by atoms with E-state index < -0.39 is 0 Å². The third-order valence-electron chi connectivity index (χ3n) is 5.65. The molecule has 2 aromatic carbocycles. The largest absolute Gasteiger partial charge is 0.493 e. The van der Waals surface area contributed by atoms with E-state index in [1.807, 2.05) is 48.7 Å². The molecule has 4 aromatic rings. The maximum atomic E-state index is 11.9. The number of pyridine rings is 2. The molecule has 170 valence electrons. The first-order valence-corrected chi connectivity index (χ1v) is 11.0. The Morgan fingerprint density at radius 1 is 1.06 bits per heavy atom. The summed E-state index contributed by atoms with van der Waals surface area (Å²) in [5, 5.41) is 5.91. The summed E-state index contributed by atoms with van der Waals surface area (Å²) in [5.74, 6) is 1.11. The SMILES string of the molecule is CCCc1ncc(Cc2ccc3cccc(NC(=O)CN)c3n2)c2cc(OC)c(OC)cc12. The van der Waals surface area contributed by atoms with Crippen LogP contribution >= 0.6 is 0 Å². The van der Waals surface area contributed by atoms with Crippen LogP contribution < -0.4 is 20.5 Å². The van der Waals surface area contributed by atoms with Crippen LogP contribution in [0.2, 0.25) is 0 Å². The van der Waals surface area contributed by atoms with E-state index >= 15 is 0 Å². The summed E-state index contributed by atoms with van der Waals surface area (Å²) in [6.45, 7) is 2.06. The van der Waals surface area contributed by atoms with Gasteiger partial charge in [0.15, 0.2) is 11.5 Å². The third kappa shape index (κ3) is 4.59. The summed E-state index contributed by atoms with van der Waals surface area (Å²) in [6.07, 6.45) is 4.39. The van der Waals surface area contributed by atoms with Gasteiger partial charge in [0.25, 0.3) is 0 Å². The van der Waals surface area contributed by atoms with E-state index in [2.05, 4.69) is 12.2 Å². The number of aryl methyl sites for hydroxylation is 1. The fourth-order valence-electron chi connectivity index (χ4n) is 4.04. The van der Waals surface area contributed by atoms with Crippen LogP contribution in [0.1, 0.15) is 30.3 Å². The van der Waals surface area contributed by atoms with Gasteiger partial charge in [-0.3, -0.25) is 14.8 Å². The number of nitrogens with zero attached hydrogens (tertiary/aromatic N) is 2. The average Bonchev–Trinajstić information content (AvgIpc) is 2.85. The monoisotopic (exact) mass is 444 g/mol. The molecule has 1 amide bonds. The van der Waals surface area contributed by atoms with Crippen molar-refractivity contribution < 1.29 is 14.3 Å². The average molecular weight is 445 g/mol. The van der Waals surface area contributed by atoms with E-state index in [9.17, 15) is 4.79 Å². The Labute approximate surface area is 192 Å². The summed E-state index contributed by atoms with van der Waals surface area (Å²) < 4.78 is 11.1. The number of ether oxygens (including phenoxy) is 2. The lowest BCUT2D eigenvalue weighted by molar-refractivity contribution is -0.114. The predicted octanol–water partition coefficient (Wildman–Crippen LogP) is 4.24. The Morgan fingerprint density at radius 3 is 2.52 bits per heavy atom. The molecule has 7 nitrogen and oxygen atoms in total. The van der Waals surface area contributed by atoms with Gasteiger partial charge in [0.05, 0.1) is 32.0 Å². The summed E-state index contributed by atoms with van der Waals surface area (Å²) in [4.78, 5) is 21.5. The Bertz CT molecular complexity index is 1320. The van der Waals surface area contributed by atoms with Gasteiger partial charge in [0.2, 0.25) is 5.91 Å². The molecule has 0 aliphatic carbocycles. The molecule has 0 aliphatic rings. The van der Waals surface area contributed by atoms with Crippen molar-refractivity contribution in [1.29, 1.82) is 0 Å². The van der Waals surface area contributed by atoms with E-state index in [1.54, 1.807) is 14.2 Å². The molecule has 2 aromatic heterocycles. The lowest BCUT2D eigenvalue weighted by atomic mass is 9.99. The highest BCUT2D eigenvalue weighted by Crippen LogP contribution is 2.35. The number of fused-ring (bicyclic) bond motifs is 2. The smallest absolute Gasteiger partial charge is 0.238 e. The molecule has 33 heavy (non-hydrogen) atoms. The molecule has 0 radical (unpaired) electrons. The van der Waals surface area contributed by atoms with Crippen molar-refractivity contribution in [2.24, 2.45) is 5.73 Å². The number of nitrogens with one attached hydrogen (secondary N) is 1. The van der Waals surface area contributed by atoms with Crippen molar-refractivity contribution in [1.82, 2.24) is 9.97 Å². The standard InChI is InChI=1S/C26H28N4O3/c1-4-6-21-20-13-24(33-3)23(32-2)12-19(20)17(15-28-21)11-18-10-9-16-7-5-8-22(26(16)29-18)30-25(31)14-27/h5,7-10,12-13,15H,4,6,11,14,27H2,1-3H3,(H,30,31). The molecule has 0 spiro atoms. The zero-order valence-electron chi connectivity index (χ0n) is 19.1. The maximum Gasteiger partial charge on any atom is 0.238 e. The first kappa shape index (κ1) is 22.5. The van der Waals surface area contributed by atoms with Crippen LogP contribution in [0.3, 0.4) is 0 Å². The zero-order valence-corrected chi connectivity index (χ0v) is 19.1. The fraction of sp³-hybridized carbons (Fsp3) is 0.269. The first-order chi connectivity index (χ1) is 16.1. The van der Waals surface area contributed by atoms with Crippen molar-refractivity contribution in [2.75, 3.05) is 26.1 Å². The van der Waals surface area contributed by atoms with E-state index in [0.717, 1.165) is 51.5 Å². The molecule has 3 N–H and O–H groups in total. The number of anilines is 1. The van der Waals surface area contributed by atoms with Gasteiger partial charge in [0, 0.05) is 34.8 Å². The lowest BCUT2D eigenvalue weighted by Gasteiger charge is -2.15. The van der Waals surface area contributed by atoms with Gasteiger partial charge in [-0.15, -0.1) is 0 Å². The highest BCUT2D eigenvalue weighted by Gasteiger charge is 2.15.